The van der Waals surface area contributed by atoms with Crippen molar-refractivity contribution >= 4 is 11.9 Å². The van der Waals surface area contributed by atoms with Crippen LogP contribution in [0.25, 0.3) is 0 Å². The Kier molecular flexibility index (Phi) is 3.32. The smallest absolute Gasteiger partial charge is 0.354 e. The molecule has 9 nitrogen and oxygen atoms in total. The lowest BCUT2D eigenvalue weighted by molar-refractivity contribution is 0.0685. The topological polar surface area (TPSA) is 126 Å². The van der Waals surface area contributed by atoms with Gasteiger partial charge in [0.25, 0.3) is 5.91 Å². The highest BCUT2D eigenvalue weighted by atomic mass is 16.4. The van der Waals surface area contributed by atoms with E-state index in [1.165, 1.54) is 6.20 Å². The molecule has 94 valence electrons. The lowest BCUT2D eigenvalue weighted by Gasteiger charge is -2.03. The molecule has 2 heterocycles. The highest BCUT2D eigenvalue weighted by molar-refractivity contribution is 6.02. The van der Waals surface area contributed by atoms with Gasteiger partial charge in [0.2, 0.25) is 0 Å². The van der Waals surface area contributed by atoms with E-state index < -0.39 is 11.9 Å². The highest BCUT2D eigenvalue weighted by Gasteiger charge is 2.18. The van der Waals surface area contributed by atoms with Crippen LogP contribution in [0.15, 0.2) is 18.7 Å². The van der Waals surface area contributed by atoms with Crippen LogP contribution in [0, 0.1) is 0 Å². The minimum Gasteiger partial charge on any atom is -0.477 e. The number of rotatable bonds is 5. The van der Waals surface area contributed by atoms with Gasteiger partial charge in [0.1, 0.15) is 0 Å². The second-order valence-electron chi connectivity index (χ2n) is 3.35. The number of aromatic carboxylic acids is 1. The molecule has 2 aromatic rings. The Labute approximate surface area is 101 Å². The fourth-order valence-electron chi connectivity index (χ4n) is 1.35. The van der Waals surface area contributed by atoms with E-state index in [4.69, 9.17) is 5.11 Å². The Morgan fingerprint density at radius 2 is 2.33 bits per heavy atom. The SMILES string of the molecule is O=C(NCCn1ccnn1)c1nc[nH]c1C(=O)O. The second-order valence-corrected chi connectivity index (χ2v) is 3.35. The zero-order chi connectivity index (χ0) is 13.0. The lowest BCUT2D eigenvalue weighted by atomic mass is 10.3. The summed E-state index contributed by atoms with van der Waals surface area (Å²) in [5.74, 6) is -1.78. The molecular weight excluding hydrogens is 240 g/mol. The number of nitrogens with one attached hydrogen (secondary N) is 2. The Morgan fingerprint density at radius 3 is 3.00 bits per heavy atom. The summed E-state index contributed by atoms with van der Waals surface area (Å²) in [6.07, 6.45) is 4.34. The van der Waals surface area contributed by atoms with Gasteiger partial charge in [-0.1, -0.05) is 5.21 Å². The number of amides is 1. The third kappa shape index (κ3) is 2.51. The maximum absolute atomic E-state index is 11.7. The van der Waals surface area contributed by atoms with Crippen LogP contribution in [-0.4, -0.2) is 48.5 Å². The van der Waals surface area contributed by atoms with Crippen molar-refractivity contribution in [2.75, 3.05) is 6.54 Å². The van der Waals surface area contributed by atoms with Crippen LogP contribution in [0.1, 0.15) is 21.0 Å². The zero-order valence-electron chi connectivity index (χ0n) is 9.20. The summed E-state index contributed by atoms with van der Waals surface area (Å²) in [6.45, 7) is 0.743. The molecule has 0 saturated carbocycles. The monoisotopic (exact) mass is 250 g/mol. The average Bonchev–Trinajstić information content (AvgIpc) is 2.99. The highest BCUT2D eigenvalue weighted by Crippen LogP contribution is 2.02. The predicted molar refractivity (Wildman–Crippen MR) is 57.9 cm³/mol. The third-order valence-corrected chi connectivity index (χ3v) is 2.17. The third-order valence-electron chi connectivity index (χ3n) is 2.17. The number of hydrogen-bond acceptors (Lipinski definition) is 5. The molecule has 1 amide bonds. The van der Waals surface area contributed by atoms with E-state index in [9.17, 15) is 9.59 Å². The predicted octanol–water partition coefficient (Wildman–Crippen LogP) is -0.871. The summed E-state index contributed by atoms with van der Waals surface area (Å²) >= 11 is 0. The van der Waals surface area contributed by atoms with E-state index in [0.29, 0.717) is 13.1 Å². The summed E-state index contributed by atoms with van der Waals surface area (Å²) in [5, 5.41) is 18.7. The number of carbonyl (C=O) groups excluding carboxylic acids is 1. The van der Waals surface area contributed by atoms with Gasteiger partial charge in [-0.2, -0.15) is 0 Å². The molecule has 0 fully saturated rings. The van der Waals surface area contributed by atoms with Crippen LogP contribution < -0.4 is 5.32 Å². The molecule has 0 aromatic carbocycles. The Balaban J connectivity index is 1.91. The van der Waals surface area contributed by atoms with Gasteiger partial charge in [0, 0.05) is 12.7 Å². The van der Waals surface area contributed by atoms with Crippen molar-refractivity contribution < 1.29 is 14.7 Å². The molecule has 0 aliphatic rings. The molecule has 3 N–H and O–H groups in total. The van der Waals surface area contributed by atoms with Crippen molar-refractivity contribution in [2.45, 2.75) is 6.54 Å². The molecule has 9 heteroatoms. The van der Waals surface area contributed by atoms with Crippen LogP contribution in [0.3, 0.4) is 0 Å². The number of nitrogens with zero attached hydrogens (tertiary/aromatic N) is 4. The molecular formula is C9H10N6O3. The van der Waals surface area contributed by atoms with Gasteiger partial charge in [-0.25, -0.2) is 9.78 Å². The molecule has 0 saturated heterocycles. The van der Waals surface area contributed by atoms with Gasteiger partial charge in [-0.05, 0) is 0 Å². The quantitative estimate of drug-likeness (QED) is 0.633. The van der Waals surface area contributed by atoms with Crippen molar-refractivity contribution in [3.63, 3.8) is 0 Å². The first-order valence-electron chi connectivity index (χ1n) is 5.07. The molecule has 2 rings (SSSR count). The molecule has 0 unspecified atom stereocenters. The number of H-pyrrole nitrogens is 1. The van der Waals surface area contributed by atoms with Crippen LogP contribution >= 0.6 is 0 Å². The maximum Gasteiger partial charge on any atom is 0.354 e. The normalized spacial score (nSPS) is 10.2. The summed E-state index contributed by atoms with van der Waals surface area (Å²) in [5.41, 5.74) is -0.366. The summed E-state index contributed by atoms with van der Waals surface area (Å²) in [4.78, 5) is 28.5. The number of carboxylic acid groups (broad SMARTS) is 1. The number of imidazole rings is 1. The van der Waals surface area contributed by atoms with E-state index >= 15 is 0 Å². The molecule has 18 heavy (non-hydrogen) atoms. The Morgan fingerprint density at radius 1 is 1.50 bits per heavy atom. The van der Waals surface area contributed by atoms with Crippen molar-refractivity contribution in [3.8, 4) is 0 Å². The molecule has 2 aromatic heterocycles. The van der Waals surface area contributed by atoms with Gasteiger partial charge in [0.05, 0.1) is 19.1 Å². The van der Waals surface area contributed by atoms with Crippen LogP contribution in [0.4, 0.5) is 0 Å². The van der Waals surface area contributed by atoms with Gasteiger partial charge < -0.3 is 15.4 Å². The number of carbonyl (C=O) groups is 2. The number of hydrogen-bond donors (Lipinski definition) is 3. The summed E-state index contributed by atoms with van der Waals surface area (Å²) < 4.78 is 1.54. The zero-order valence-corrected chi connectivity index (χ0v) is 9.20. The van der Waals surface area contributed by atoms with E-state index in [2.05, 4.69) is 25.6 Å². The largest absolute Gasteiger partial charge is 0.477 e. The molecule has 0 atom stereocenters. The van der Waals surface area contributed by atoms with Crippen molar-refractivity contribution in [1.82, 2.24) is 30.3 Å². The van der Waals surface area contributed by atoms with Gasteiger partial charge in [-0.15, -0.1) is 5.10 Å². The van der Waals surface area contributed by atoms with Crippen molar-refractivity contribution in [2.24, 2.45) is 0 Å². The van der Waals surface area contributed by atoms with Gasteiger partial charge in [0.15, 0.2) is 11.4 Å². The lowest BCUT2D eigenvalue weighted by Crippen LogP contribution is -2.29. The van der Waals surface area contributed by atoms with Crippen LogP contribution in [-0.2, 0) is 6.54 Å². The first kappa shape index (κ1) is 11.8. The number of aromatic amines is 1. The minimum atomic E-state index is -1.23. The van der Waals surface area contributed by atoms with Gasteiger partial charge in [-0.3, -0.25) is 9.48 Å². The van der Waals surface area contributed by atoms with Crippen molar-refractivity contribution in [3.05, 3.63) is 30.1 Å². The minimum absolute atomic E-state index is 0.138. The molecule has 0 aliphatic carbocycles. The van der Waals surface area contributed by atoms with E-state index in [1.54, 1.807) is 10.9 Å². The van der Waals surface area contributed by atoms with E-state index in [1.807, 2.05) is 0 Å². The molecule has 0 bridgehead atoms. The van der Waals surface area contributed by atoms with E-state index in [0.717, 1.165) is 6.33 Å². The van der Waals surface area contributed by atoms with Gasteiger partial charge >= 0.3 is 5.97 Å². The van der Waals surface area contributed by atoms with E-state index in [-0.39, 0.29) is 11.4 Å². The fourth-order valence-corrected chi connectivity index (χ4v) is 1.35. The summed E-state index contributed by atoms with van der Waals surface area (Å²) in [6, 6.07) is 0. The fraction of sp³-hybridized carbons (Fsp3) is 0.222. The second kappa shape index (κ2) is 5.08. The van der Waals surface area contributed by atoms with Crippen LogP contribution in [0.2, 0.25) is 0 Å². The number of carboxylic acids is 1. The standard InChI is InChI=1S/C9H10N6O3/c16-8(6-7(9(17)18)12-5-11-6)10-1-3-15-4-2-13-14-15/h2,4-5H,1,3H2,(H,10,16)(H,11,12)(H,17,18). The average molecular weight is 250 g/mol. The first-order valence-corrected chi connectivity index (χ1v) is 5.07. The Bertz CT molecular complexity index is 546. The number of aromatic nitrogens is 5. The van der Waals surface area contributed by atoms with Crippen molar-refractivity contribution in [1.29, 1.82) is 0 Å². The summed E-state index contributed by atoms with van der Waals surface area (Å²) in [7, 11) is 0. The Hall–Kier alpha value is -2.71. The molecule has 0 radical (unpaired) electrons. The molecule has 0 aliphatic heterocycles. The van der Waals surface area contributed by atoms with Crippen LogP contribution in [0.5, 0.6) is 0 Å². The first-order chi connectivity index (χ1) is 8.68. The molecule has 0 spiro atoms. The maximum atomic E-state index is 11.7.